The van der Waals surface area contributed by atoms with Crippen molar-refractivity contribution in [1.82, 2.24) is 9.80 Å². The third-order valence-corrected chi connectivity index (χ3v) is 4.68. The van der Waals surface area contributed by atoms with E-state index in [1.165, 1.54) is 12.0 Å². The van der Waals surface area contributed by atoms with E-state index in [2.05, 4.69) is 11.0 Å². The van der Waals surface area contributed by atoms with E-state index in [4.69, 9.17) is 22.1 Å². The van der Waals surface area contributed by atoms with E-state index in [1.54, 1.807) is 11.3 Å². The molecule has 2 heterocycles. The second-order valence-corrected chi connectivity index (χ2v) is 6.57. The molecule has 1 aliphatic heterocycles. The van der Waals surface area contributed by atoms with Crippen LogP contribution in [0, 0.1) is 0 Å². The lowest BCUT2D eigenvalue weighted by Gasteiger charge is -2.35. The SMILES string of the molecule is COC(CN)C(=O)N1CCN(Cc2ccc(Cl)s2)CC1.Cl.Cl. The molecule has 0 aliphatic carbocycles. The molecule has 2 rings (SSSR count). The highest BCUT2D eigenvalue weighted by Gasteiger charge is 2.26. The summed E-state index contributed by atoms with van der Waals surface area (Å²) in [7, 11) is 1.52. The molecule has 128 valence electrons. The average Bonchev–Trinajstić information content (AvgIpc) is 2.86. The van der Waals surface area contributed by atoms with Crippen molar-refractivity contribution >= 4 is 53.7 Å². The zero-order chi connectivity index (χ0) is 14.5. The quantitative estimate of drug-likeness (QED) is 0.834. The Morgan fingerprint density at radius 1 is 1.36 bits per heavy atom. The molecule has 1 fully saturated rings. The first kappa shape index (κ1) is 21.9. The van der Waals surface area contributed by atoms with Crippen LogP contribution in [-0.2, 0) is 16.1 Å². The van der Waals surface area contributed by atoms with Crippen LogP contribution in [0.5, 0.6) is 0 Å². The van der Waals surface area contributed by atoms with Crippen LogP contribution in [-0.4, -0.2) is 61.6 Å². The van der Waals surface area contributed by atoms with Crippen LogP contribution < -0.4 is 5.73 Å². The molecular formula is C13H22Cl3N3O2S. The predicted molar refractivity (Wildman–Crippen MR) is 95.5 cm³/mol. The molecule has 9 heteroatoms. The minimum absolute atomic E-state index is 0. The summed E-state index contributed by atoms with van der Waals surface area (Å²) in [6, 6.07) is 3.98. The normalized spacial score (nSPS) is 16.6. The molecule has 1 atom stereocenters. The topological polar surface area (TPSA) is 58.8 Å². The molecule has 0 radical (unpaired) electrons. The zero-order valence-corrected chi connectivity index (χ0v) is 15.6. The number of nitrogens with zero attached hydrogens (tertiary/aromatic N) is 2. The van der Waals surface area contributed by atoms with Crippen molar-refractivity contribution in [1.29, 1.82) is 0 Å². The fourth-order valence-electron chi connectivity index (χ4n) is 2.28. The van der Waals surface area contributed by atoms with E-state index < -0.39 is 6.10 Å². The first-order chi connectivity index (χ1) is 9.63. The predicted octanol–water partition coefficient (Wildman–Crippen LogP) is 1.86. The minimum atomic E-state index is -0.516. The summed E-state index contributed by atoms with van der Waals surface area (Å²) >= 11 is 7.54. The maximum Gasteiger partial charge on any atom is 0.253 e. The molecule has 5 nitrogen and oxygen atoms in total. The van der Waals surface area contributed by atoms with E-state index in [9.17, 15) is 4.79 Å². The lowest BCUT2D eigenvalue weighted by atomic mass is 10.2. The van der Waals surface area contributed by atoms with Crippen LogP contribution in [0.15, 0.2) is 12.1 Å². The Morgan fingerprint density at radius 3 is 2.45 bits per heavy atom. The van der Waals surface area contributed by atoms with Gasteiger partial charge in [0.15, 0.2) is 0 Å². The molecule has 0 spiro atoms. The Labute approximate surface area is 152 Å². The van der Waals surface area contributed by atoms with Crippen LogP contribution in [0.4, 0.5) is 0 Å². The molecule has 1 aromatic heterocycles. The molecule has 22 heavy (non-hydrogen) atoms. The number of carbonyl (C=O) groups is 1. The number of rotatable bonds is 5. The van der Waals surface area contributed by atoms with E-state index in [0.717, 1.165) is 37.1 Å². The molecule has 1 saturated heterocycles. The van der Waals surface area contributed by atoms with Gasteiger partial charge in [0.1, 0.15) is 6.10 Å². The number of piperazine rings is 1. The van der Waals surface area contributed by atoms with Crippen molar-refractivity contribution in [2.24, 2.45) is 5.73 Å². The fourth-order valence-corrected chi connectivity index (χ4v) is 3.42. The smallest absolute Gasteiger partial charge is 0.253 e. The number of methoxy groups -OCH3 is 1. The van der Waals surface area contributed by atoms with Crippen molar-refractivity contribution in [3.8, 4) is 0 Å². The number of hydrogen-bond donors (Lipinski definition) is 1. The van der Waals surface area contributed by atoms with Crippen molar-refractivity contribution in [3.63, 3.8) is 0 Å². The maximum atomic E-state index is 12.1. The maximum absolute atomic E-state index is 12.1. The van der Waals surface area contributed by atoms with Crippen molar-refractivity contribution in [2.45, 2.75) is 12.6 Å². The number of amides is 1. The Hall–Kier alpha value is -0.0800. The average molecular weight is 391 g/mol. The first-order valence-corrected chi connectivity index (χ1v) is 7.81. The monoisotopic (exact) mass is 389 g/mol. The molecule has 1 aromatic rings. The summed E-state index contributed by atoms with van der Waals surface area (Å²) in [5.41, 5.74) is 5.53. The van der Waals surface area contributed by atoms with Gasteiger partial charge in [0.2, 0.25) is 0 Å². The van der Waals surface area contributed by atoms with Gasteiger partial charge in [0.25, 0.3) is 5.91 Å². The van der Waals surface area contributed by atoms with Gasteiger partial charge in [-0.25, -0.2) is 0 Å². The highest BCUT2D eigenvalue weighted by molar-refractivity contribution is 7.16. The van der Waals surface area contributed by atoms with Crippen molar-refractivity contribution in [2.75, 3.05) is 39.8 Å². The van der Waals surface area contributed by atoms with Gasteiger partial charge in [-0.15, -0.1) is 36.2 Å². The van der Waals surface area contributed by atoms with Crippen LogP contribution in [0.2, 0.25) is 4.34 Å². The van der Waals surface area contributed by atoms with Gasteiger partial charge in [-0.05, 0) is 12.1 Å². The van der Waals surface area contributed by atoms with Crippen LogP contribution >= 0.6 is 47.8 Å². The molecule has 0 bridgehead atoms. The Bertz CT molecular complexity index is 449. The van der Waals surface area contributed by atoms with Crippen LogP contribution in [0.3, 0.4) is 0 Å². The first-order valence-electron chi connectivity index (χ1n) is 6.62. The Kier molecular flexibility index (Phi) is 10.6. The lowest BCUT2D eigenvalue weighted by molar-refractivity contribution is -0.143. The molecule has 1 amide bonds. The number of halogens is 3. The summed E-state index contributed by atoms with van der Waals surface area (Å²) in [6.07, 6.45) is -0.516. The Morgan fingerprint density at radius 2 is 2.00 bits per heavy atom. The number of hydrogen-bond acceptors (Lipinski definition) is 5. The largest absolute Gasteiger partial charge is 0.370 e. The zero-order valence-electron chi connectivity index (χ0n) is 12.4. The molecule has 0 aromatic carbocycles. The summed E-state index contributed by atoms with van der Waals surface area (Å²) in [4.78, 5) is 17.5. The molecule has 0 saturated carbocycles. The minimum Gasteiger partial charge on any atom is -0.370 e. The molecule has 1 aliphatic rings. The highest BCUT2D eigenvalue weighted by Crippen LogP contribution is 2.23. The standard InChI is InChI=1S/C13H20ClN3O2S.2ClH/c1-19-11(8-15)13(18)17-6-4-16(5-7-17)9-10-2-3-12(14)20-10;;/h2-3,11H,4-9,15H2,1H3;2*1H. The van der Waals surface area contributed by atoms with E-state index in [1.807, 2.05) is 11.0 Å². The second-order valence-electron chi connectivity index (χ2n) is 4.77. The van der Waals surface area contributed by atoms with Gasteiger partial charge in [-0.3, -0.25) is 9.69 Å². The second kappa shape index (κ2) is 10.6. The van der Waals surface area contributed by atoms with Crippen LogP contribution in [0.1, 0.15) is 4.88 Å². The van der Waals surface area contributed by atoms with Gasteiger partial charge in [-0.1, -0.05) is 11.6 Å². The van der Waals surface area contributed by atoms with E-state index >= 15 is 0 Å². The lowest BCUT2D eigenvalue weighted by Crippen LogP contribution is -2.52. The summed E-state index contributed by atoms with van der Waals surface area (Å²) < 4.78 is 5.92. The van der Waals surface area contributed by atoms with Gasteiger partial charge < -0.3 is 15.4 Å². The molecule has 2 N–H and O–H groups in total. The summed E-state index contributed by atoms with van der Waals surface area (Å²) in [6.45, 7) is 4.29. The van der Waals surface area contributed by atoms with Gasteiger partial charge in [-0.2, -0.15) is 0 Å². The van der Waals surface area contributed by atoms with Gasteiger partial charge >= 0.3 is 0 Å². The van der Waals surface area contributed by atoms with E-state index in [0.29, 0.717) is 0 Å². The molecular weight excluding hydrogens is 369 g/mol. The third-order valence-electron chi connectivity index (χ3n) is 3.47. The van der Waals surface area contributed by atoms with Gasteiger partial charge in [0.05, 0.1) is 4.34 Å². The van der Waals surface area contributed by atoms with Crippen molar-refractivity contribution in [3.05, 3.63) is 21.3 Å². The van der Waals surface area contributed by atoms with Gasteiger partial charge in [0, 0.05) is 51.3 Å². The number of carbonyl (C=O) groups excluding carboxylic acids is 1. The highest BCUT2D eigenvalue weighted by atomic mass is 35.5. The number of thiophene rings is 1. The van der Waals surface area contributed by atoms with Crippen molar-refractivity contribution < 1.29 is 9.53 Å². The summed E-state index contributed by atoms with van der Waals surface area (Å²) in [5.74, 6) is -0.00572. The van der Waals surface area contributed by atoms with E-state index in [-0.39, 0.29) is 37.3 Å². The third kappa shape index (κ3) is 5.85. The summed E-state index contributed by atoms with van der Waals surface area (Å²) in [5, 5.41) is 0. The van der Waals surface area contributed by atoms with Crippen LogP contribution in [0.25, 0.3) is 0 Å². The number of nitrogens with two attached hydrogens (primary N) is 1. The fraction of sp³-hybridized carbons (Fsp3) is 0.615. The Balaban J connectivity index is 0.00000220. The molecule has 1 unspecified atom stereocenters. The number of ether oxygens (including phenoxy) is 1.